The molecule has 0 N–H and O–H groups in total. The summed E-state index contributed by atoms with van der Waals surface area (Å²) in [4.78, 5) is 13.4. The van der Waals surface area contributed by atoms with E-state index < -0.39 is 0 Å². The van der Waals surface area contributed by atoms with Crippen molar-refractivity contribution in [1.29, 1.82) is 0 Å². The molecule has 1 aliphatic carbocycles. The number of carbonyl (C=O) groups excluding carboxylic acids is 1. The van der Waals surface area contributed by atoms with Crippen LogP contribution in [-0.4, -0.2) is 31.0 Å². The third kappa shape index (κ3) is 3.73. The van der Waals surface area contributed by atoms with E-state index in [1.807, 2.05) is 0 Å². The van der Waals surface area contributed by atoms with Gasteiger partial charge in [0.15, 0.2) is 6.61 Å². The second-order valence-electron chi connectivity index (χ2n) is 4.46. The number of rotatable bonds is 5. The van der Waals surface area contributed by atoms with Gasteiger partial charge in [0, 0.05) is 13.6 Å². The van der Waals surface area contributed by atoms with Crippen LogP contribution in [-0.2, 0) is 4.79 Å². The third-order valence-electron chi connectivity index (χ3n) is 2.83. The van der Waals surface area contributed by atoms with Crippen LogP contribution in [0, 0.1) is 11.7 Å². The Balaban J connectivity index is 1.76. The van der Waals surface area contributed by atoms with E-state index in [4.69, 9.17) is 4.74 Å². The number of amides is 1. The Morgan fingerprint density at radius 3 is 2.65 bits per heavy atom. The van der Waals surface area contributed by atoms with Crippen molar-refractivity contribution in [3.05, 3.63) is 30.1 Å². The molecule has 3 nitrogen and oxygen atoms in total. The summed E-state index contributed by atoms with van der Waals surface area (Å²) in [6.07, 6.45) is 2.44. The van der Waals surface area contributed by atoms with Crippen molar-refractivity contribution >= 4 is 5.91 Å². The molecule has 0 radical (unpaired) electrons. The van der Waals surface area contributed by atoms with Crippen molar-refractivity contribution in [3.63, 3.8) is 0 Å². The first-order chi connectivity index (χ1) is 8.15. The van der Waals surface area contributed by atoms with E-state index in [9.17, 15) is 9.18 Å². The van der Waals surface area contributed by atoms with Crippen LogP contribution in [0.25, 0.3) is 0 Å². The molecule has 0 unspecified atom stereocenters. The smallest absolute Gasteiger partial charge is 0.260 e. The predicted octanol–water partition coefficient (Wildman–Crippen LogP) is 2.07. The molecule has 1 aliphatic rings. The number of carbonyl (C=O) groups is 1. The summed E-state index contributed by atoms with van der Waals surface area (Å²) in [6.45, 7) is 0.820. The molecule has 1 aromatic rings. The molecule has 17 heavy (non-hydrogen) atoms. The van der Waals surface area contributed by atoms with E-state index in [-0.39, 0.29) is 18.3 Å². The van der Waals surface area contributed by atoms with Gasteiger partial charge in [-0.05, 0) is 43.0 Å². The van der Waals surface area contributed by atoms with Gasteiger partial charge in [0.25, 0.3) is 5.91 Å². The summed E-state index contributed by atoms with van der Waals surface area (Å²) >= 11 is 0. The van der Waals surface area contributed by atoms with Crippen LogP contribution in [0.2, 0.25) is 0 Å². The van der Waals surface area contributed by atoms with Gasteiger partial charge in [0.2, 0.25) is 0 Å². The topological polar surface area (TPSA) is 29.5 Å². The van der Waals surface area contributed by atoms with Gasteiger partial charge < -0.3 is 9.64 Å². The quantitative estimate of drug-likeness (QED) is 0.784. The maximum Gasteiger partial charge on any atom is 0.260 e. The second-order valence-corrected chi connectivity index (χ2v) is 4.46. The minimum Gasteiger partial charge on any atom is -0.484 e. The van der Waals surface area contributed by atoms with Gasteiger partial charge in [-0.25, -0.2) is 4.39 Å². The van der Waals surface area contributed by atoms with Gasteiger partial charge in [0.05, 0.1) is 0 Å². The van der Waals surface area contributed by atoms with E-state index in [0.29, 0.717) is 11.7 Å². The minimum absolute atomic E-state index is 0.00878. The van der Waals surface area contributed by atoms with Gasteiger partial charge in [-0.2, -0.15) is 0 Å². The molecule has 0 aliphatic heterocycles. The Morgan fingerprint density at radius 2 is 2.06 bits per heavy atom. The molecular formula is C13H16FNO2. The van der Waals surface area contributed by atoms with Crippen molar-refractivity contribution in [3.8, 4) is 5.75 Å². The normalized spacial score (nSPS) is 14.5. The van der Waals surface area contributed by atoms with Crippen molar-refractivity contribution in [1.82, 2.24) is 4.90 Å². The molecule has 0 bridgehead atoms. The Hall–Kier alpha value is -1.58. The average molecular weight is 237 g/mol. The zero-order chi connectivity index (χ0) is 12.3. The zero-order valence-corrected chi connectivity index (χ0v) is 9.86. The number of benzene rings is 1. The Bertz CT molecular complexity index is 387. The average Bonchev–Trinajstić information content (AvgIpc) is 3.11. The fraction of sp³-hybridized carbons (Fsp3) is 0.462. The minimum atomic E-state index is -0.311. The van der Waals surface area contributed by atoms with E-state index in [2.05, 4.69) is 0 Å². The number of nitrogens with zero attached hydrogens (tertiary/aromatic N) is 1. The molecule has 1 amide bonds. The number of likely N-dealkylation sites (N-methyl/N-ethyl adjacent to an activating group) is 1. The van der Waals surface area contributed by atoms with Gasteiger partial charge >= 0.3 is 0 Å². The van der Waals surface area contributed by atoms with Crippen molar-refractivity contribution in [2.45, 2.75) is 12.8 Å². The highest BCUT2D eigenvalue weighted by Gasteiger charge is 2.24. The van der Waals surface area contributed by atoms with E-state index >= 15 is 0 Å². The fourth-order valence-corrected chi connectivity index (χ4v) is 1.58. The fourth-order valence-electron chi connectivity index (χ4n) is 1.58. The highest BCUT2D eigenvalue weighted by Crippen LogP contribution is 2.29. The Morgan fingerprint density at radius 1 is 1.41 bits per heavy atom. The van der Waals surface area contributed by atoms with Crippen LogP contribution in [0.1, 0.15) is 12.8 Å². The molecule has 2 rings (SSSR count). The van der Waals surface area contributed by atoms with Crippen LogP contribution in [0.3, 0.4) is 0 Å². The standard InChI is InChI=1S/C13H16FNO2/c1-15(8-10-2-3-10)13(16)9-17-12-6-4-11(14)5-7-12/h4-7,10H,2-3,8-9H2,1H3. The lowest BCUT2D eigenvalue weighted by Crippen LogP contribution is -2.32. The summed E-state index contributed by atoms with van der Waals surface area (Å²) in [7, 11) is 1.79. The number of hydrogen-bond donors (Lipinski definition) is 0. The maximum absolute atomic E-state index is 12.6. The van der Waals surface area contributed by atoms with Gasteiger partial charge in [-0.3, -0.25) is 4.79 Å². The molecule has 0 atom stereocenters. The molecule has 0 heterocycles. The van der Waals surface area contributed by atoms with Crippen molar-refractivity contribution < 1.29 is 13.9 Å². The zero-order valence-electron chi connectivity index (χ0n) is 9.86. The SMILES string of the molecule is CN(CC1CC1)C(=O)COc1ccc(F)cc1. The summed E-state index contributed by atoms with van der Waals surface area (Å²) in [5.41, 5.74) is 0. The number of ether oxygens (including phenoxy) is 1. The molecule has 0 saturated heterocycles. The van der Waals surface area contributed by atoms with E-state index in [1.165, 1.54) is 37.1 Å². The first-order valence-electron chi connectivity index (χ1n) is 5.77. The summed E-state index contributed by atoms with van der Waals surface area (Å²) in [5.74, 6) is 0.838. The maximum atomic E-state index is 12.6. The molecule has 4 heteroatoms. The number of hydrogen-bond acceptors (Lipinski definition) is 2. The molecular weight excluding hydrogens is 221 g/mol. The van der Waals surface area contributed by atoms with Crippen LogP contribution < -0.4 is 4.74 Å². The van der Waals surface area contributed by atoms with Gasteiger partial charge in [0.1, 0.15) is 11.6 Å². The van der Waals surface area contributed by atoms with Crippen LogP contribution in [0.4, 0.5) is 4.39 Å². The molecule has 1 saturated carbocycles. The van der Waals surface area contributed by atoms with Crippen LogP contribution in [0.5, 0.6) is 5.75 Å². The number of halogens is 1. The second kappa shape index (κ2) is 5.17. The summed E-state index contributed by atoms with van der Waals surface area (Å²) < 4.78 is 17.9. The lowest BCUT2D eigenvalue weighted by molar-refractivity contribution is -0.132. The largest absolute Gasteiger partial charge is 0.484 e. The Labute approximate surface area is 100 Å². The highest BCUT2D eigenvalue weighted by atomic mass is 19.1. The van der Waals surface area contributed by atoms with Gasteiger partial charge in [-0.1, -0.05) is 0 Å². The molecule has 92 valence electrons. The summed E-state index contributed by atoms with van der Waals surface area (Å²) in [6, 6.07) is 5.66. The van der Waals surface area contributed by atoms with Crippen molar-refractivity contribution in [2.75, 3.05) is 20.2 Å². The first kappa shape index (κ1) is 11.9. The molecule has 1 fully saturated rings. The monoisotopic (exact) mass is 237 g/mol. The first-order valence-corrected chi connectivity index (χ1v) is 5.77. The van der Waals surface area contributed by atoms with Crippen LogP contribution >= 0.6 is 0 Å². The predicted molar refractivity (Wildman–Crippen MR) is 62.3 cm³/mol. The molecule has 0 aromatic heterocycles. The van der Waals surface area contributed by atoms with E-state index in [0.717, 1.165) is 6.54 Å². The Kier molecular flexibility index (Phi) is 3.61. The van der Waals surface area contributed by atoms with Crippen molar-refractivity contribution in [2.24, 2.45) is 5.92 Å². The van der Waals surface area contributed by atoms with E-state index in [1.54, 1.807) is 11.9 Å². The lowest BCUT2D eigenvalue weighted by Gasteiger charge is -2.16. The molecule has 0 spiro atoms. The van der Waals surface area contributed by atoms with Crippen LogP contribution in [0.15, 0.2) is 24.3 Å². The summed E-state index contributed by atoms with van der Waals surface area (Å²) in [5, 5.41) is 0. The lowest BCUT2D eigenvalue weighted by atomic mass is 10.3. The third-order valence-corrected chi connectivity index (χ3v) is 2.83. The molecule has 1 aromatic carbocycles. The highest BCUT2D eigenvalue weighted by molar-refractivity contribution is 5.77. The van der Waals surface area contributed by atoms with Gasteiger partial charge in [-0.15, -0.1) is 0 Å².